The molecule has 0 fully saturated rings. The third-order valence-electron chi connectivity index (χ3n) is 2.19. The normalized spacial score (nSPS) is 14.7. The highest BCUT2D eigenvalue weighted by atomic mass is 79.9. The number of hydrogen-bond donors (Lipinski definition) is 0. The van der Waals surface area contributed by atoms with Gasteiger partial charge in [-0.2, -0.15) is 13.2 Å². The first-order chi connectivity index (χ1) is 7.53. The van der Waals surface area contributed by atoms with Crippen molar-refractivity contribution in [1.82, 2.24) is 0 Å². The van der Waals surface area contributed by atoms with Crippen molar-refractivity contribution >= 4 is 25.8 Å². The van der Waals surface area contributed by atoms with E-state index in [0.29, 0.717) is 6.07 Å². The summed E-state index contributed by atoms with van der Waals surface area (Å²) in [6.45, 7) is 1.55. The summed E-state index contributed by atoms with van der Waals surface area (Å²) in [5.41, 5.74) is -0.908. The van der Waals surface area contributed by atoms with Gasteiger partial charge >= 0.3 is 6.18 Å². The largest absolute Gasteiger partial charge is 0.416 e. The van der Waals surface area contributed by atoms with Crippen LogP contribution >= 0.6 is 15.9 Å². The van der Waals surface area contributed by atoms with E-state index in [2.05, 4.69) is 15.9 Å². The van der Waals surface area contributed by atoms with Crippen LogP contribution in [0.15, 0.2) is 23.1 Å². The van der Waals surface area contributed by atoms with E-state index in [-0.39, 0.29) is 10.5 Å². The van der Waals surface area contributed by atoms with Gasteiger partial charge in [0.15, 0.2) is 9.84 Å². The monoisotopic (exact) mass is 330 g/mol. The second kappa shape index (κ2) is 4.61. The molecule has 1 aromatic rings. The fourth-order valence-electron chi connectivity index (χ4n) is 1.36. The maximum atomic E-state index is 12.8. The highest BCUT2D eigenvalue weighted by Crippen LogP contribution is 2.38. The van der Waals surface area contributed by atoms with Gasteiger partial charge in [-0.25, -0.2) is 8.42 Å². The molecule has 1 rings (SSSR count). The quantitative estimate of drug-likeness (QED) is 0.777. The van der Waals surface area contributed by atoms with Gasteiger partial charge in [0.1, 0.15) is 0 Å². The molecule has 0 aliphatic heterocycles. The van der Waals surface area contributed by atoms with E-state index in [4.69, 9.17) is 0 Å². The molecule has 1 atom stereocenters. The summed E-state index contributed by atoms with van der Waals surface area (Å²) in [4.78, 5) is -0.838. The summed E-state index contributed by atoms with van der Waals surface area (Å²) in [7, 11) is -3.64. The minimum atomic E-state index is -4.57. The van der Waals surface area contributed by atoms with Gasteiger partial charge in [0.25, 0.3) is 0 Å². The Morgan fingerprint density at radius 1 is 1.29 bits per heavy atom. The molecular formula is C10H10BrF3O2S. The molecule has 7 heteroatoms. The number of rotatable bonds is 2. The summed E-state index contributed by atoms with van der Waals surface area (Å²) in [5, 5.41) is 0. The van der Waals surface area contributed by atoms with Crippen LogP contribution in [0.25, 0.3) is 0 Å². The second-order valence-corrected chi connectivity index (χ2v) is 7.02. The first-order valence-corrected chi connectivity index (χ1v) is 7.39. The predicted molar refractivity (Wildman–Crippen MR) is 61.9 cm³/mol. The number of hydrogen-bond acceptors (Lipinski definition) is 2. The van der Waals surface area contributed by atoms with Crippen LogP contribution in [0.5, 0.6) is 0 Å². The number of sulfone groups is 1. The van der Waals surface area contributed by atoms with Gasteiger partial charge in [-0.1, -0.05) is 22.0 Å². The third kappa shape index (κ3) is 3.45. The lowest BCUT2D eigenvalue weighted by Crippen LogP contribution is -2.11. The minimum Gasteiger partial charge on any atom is -0.224 e. The molecule has 1 unspecified atom stereocenters. The maximum absolute atomic E-state index is 12.8. The van der Waals surface area contributed by atoms with Gasteiger partial charge in [0, 0.05) is 11.1 Å². The Kier molecular flexibility index (Phi) is 3.93. The Labute approximate surface area is 106 Å². The fourth-order valence-corrected chi connectivity index (χ4v) is 2.40. The molecule has 0 bridgehead atoms. The molecule has 0 aliphatic rings. The van der Waals surface area contributed by atoms with Crippen molar-refractivity contribution in [1.29, 1.82) is 0 Å². The molecule has 1 aromatic carbocycles. The Bertz CT molecular complexity index is 521. The van der Waals surface area contributed by atoms with E-state index in [9.17, 15) is 21.6 Å². The molecule has 2 nitrogen and oxygen atoms in total. The van der Waals surface area contributed by atoms with E-state index >= 15 is 0 Å². The van der Waals surface area contributed by atoms with Crippen LogP contribution in [0.4, 0.5) is 13.2 Å². The topological polar surface area (TPSA) is 34.1 Å². The second-order valence-electron chi connectivity index (χ2n) is 3.63. The molecule has 0 N–H and O–H groups in total. The van der Waals surface area contributed by atoms with E-state index < -0.39 is 26.4 Å². The van der Waals surface area contributed by atoms with Crippen LogP contribution in [0.1, 0.15) is 22.9 Å². The lowest BCUT2D eigenvalue weighted by atomic mass is 10.1. The number of alkyl halides is 4. The van der Waals surface area contributed by atoms with E-state index in [1.165, 1.54) is 12.1 Å². The average molecular weight is 331 g/mol. The molecule has 17 heavy (non-hydrogen) atoms. The van der Waals surface area contributed by atoms with Gasteiger partial charge in [-0.05, 0) is 24.6 Å². The van der Waals surface area contributed by atoms with E-state index in [1.807, 2.05) is 0 Å². The Hall–Kier alpha value is -0.560. The van der Waals surface area contributed by atoms with Crippen molar-refractivity contribution in [2.45, 2.75) is 22.8 Å². The maximum Gasteiger partial charge on any atom is 0.416 e. The zero-order valence-corrected chi connectivity index (χ0v) is 11.4. The molecule has 0 spiro atoms. The Balaban J connectivity index is 3.51. The third-order valence-corrected chi connectivity index (χ3v) is 3.79. The van der Waals surface area contributed by atoms with Crippen molar-refractivity contribution in [2.75, 3.05) is 6.26 Å². The van der Waals surface area contributed by atoms with Crippen molar-refractivity contribution in [3.05, 3.63) is 29.3 Å². The number of halogens is 4. The summed E-state index contributed by atoms with van der Waals surface area (Å²) in [6.07, 6.45) is -3.70. The summed E-state index contributed by atoms with van der Waals surface area (Å²) >= 11 is 3.05. The molecule has 96 valence electrons. The van der Waals surface area contributed by atoms with Gasteiger partial charge in [0.05, 0.1) is 10.5 Å². The summed E-state index contributed by atoms with van der Waals surface area (Å²) in [6, 6.07) is 3.03. The lowest BCUT2D eigenvalue weighted by Gasteiger charge is -2.15. The smallest absolute Gasteiger partial charge is 0.224 e. The molecule has 0 heterocycles. The number of benzene rings is 1. The molecule has 0 saturated heterocycles. The highest BCUT2D eigenvalue weighted by molar-refractivity contribution is 9.09. The minimum absolute atomic E-state index is 0.0184. The predicted octanol–water partition coefficient (Wildman–Crippen LogP) is 3.56. The first kappa shape index (κ1) is 14.5. The van der Waals surface area contributed by atoms with Gasteiger partial charge in [-0.3, -0.25) is 0 Å². The molecule has 0 saturated carbocycles. The Morgan fingerprint density at radius 3 is 2.18 bits per heavy atom. The van der Waals surface area contributed by atoms with Crippen LogP contribution in [0.3, 0.4) is 0 Å². The van der Waals surface area contributed by atoms with Gasteiger partial charge in [0.2, 0.25) is 0 Å². The molecule has 0 amide bonds. The SMILES string of the molecule is CC(Br)c1ccc(S(C)(=O)=O)cc1C(F)(F)F. The van der Waals surface area contributed by atoms with Crippen LogP contribution in [-0.2, 0) is 16.0 Å². The molecule has 0 aromatic heterocycles. The molecular weight excluding hydrogens is 321 g/mol. The standard InChI is InChI=1S/C10H10BrF3O2S/c1-6(11)8-4-3-7(17(2,15)16)5-9(8)10(12,13)14/h3-6H,1-2H3. The summed E-state index contributed by atoms with van der Waals surface area (Å²) < 4.78 is 60.7. The Morgan fingerprint density at radius 2 is 1.82 bits per heavy atom. The van der Waals surface area contributed by atoms with Crippen molar-refractivity contribution in [3.8, 4) is 0 Å². The van der Waals surface area contributed by atoms with Gasteiger partial charge < -0.3 is 0 Å². The van der Waals surface area contributed by atoms with E-state index in [0.717, 1.165) is 6.26 Å². The van der Waals surface area contributed by atoms with Gasteiger partial charge in [-0.15, -0.1) is 0 Å². The van der Waals surface area contributed by atoms with Crippen LogP contribution in [0, 0.1) is 0 Å². The highest BCUT2D eigenvalue weighted by Gasteiger charge is 2.35. The average Bonchev–Trinajstić information content (AvgIpc) is 2.14. The van der Waals surface area contributed by atoms with Crippen LogP contribution < -0.4 is 0 Å². The molecule has 0 aliphatic carbocycles. The van der Waals surface area contributed by atoms with Crippen molar-refractivity contribution in [2.24, 2.45) is 0 Å². The zero-order valence-electron chi connectivity index (χ0n) is 9.05. The van der Waals surface area contributed by atoms with Crippen LogP contribution in [0.2, 0.25) is 0 Å². The van der Waals surface area contributed by atoms with Crippen molar-refractivity contribution < 1.29 is 21.6 Å². The fraction of sp³-hybridized carbons (Fsp3) is 0.400. The zero-order chi connectivity index (χ0) is 13.4. The molecule has 0 radical (unpaired) electrons. The first-order valence-electron chi connectivity index (χ1n) is 4.58. The van der Waals surface area contributed by atoms with Crippen LogP contribution in [-0.4, -0.2) is 14.7 Å². The van der Waals surface area contributed by atoms with Crippen molar-refractivity contribution in [3.63, 3.8) is 0 Å². The lowest BCUT2D eigenvalue weighted by molar-refractivity contribution is -0.138. The van der Waals surface area contributed by atoms with E-state index in [1.54, 1.807) is 6.92 Å². The summed E-state index contributed by atoms with van der Waals surface area (Å²) in [5.74, 6) is 0.